The maximum Gasteiger partial charge on any atom is 0.164 e. The van der Waals surface area contributed by atoms with Gasteiger partial charge in [-0.3, -0.25) is 0 Å². The molecule has 0 fully saturated rings. The first-order valence-corrected chi connectivity index (χ1v) is 21.3. The molecule has 0 spiro atoms. The third-order valence-corrected chi connectivity index (χ3v) is 12.2. The second-order valence-corrected chi connectivity index (χ2v) is 15.9. The minimum Gasteiger partial charge on any atom is -0.455 e. The fourth-order valence-electron chi connectivity index (χ4n) is 9.23. The van der Waals surface area contributed by atoms with E-state index < -0.39 is 0 Å². The van der Waals surface area contributed by atoms with Crippen molar-refractivity contribution in [2.45, 2.75) is 0 Å². The fourth-order valence-corrected chi connectivity index (χ4v) is 9.23. The van der Waals surface area contributed by atoms with Crippen LogP contribution in [0.3, 0.4) is 0 Å². The lowest BCUT2D eigenvalue weighted by Gasteiger charge is -2.16. The predicted molar refractivity (Wildman–Crippen MR) is 260 cm³/mol. The molecule has 0 aliphatic rings. The number of fused-ring (bicyclic) bond motifs is 5. The number of hydrogen-bond acceptors (Lipinski definition) is 4. The van der Waals surface area contributed by atoms with Crippen LogP contribution in [0.5, 0.6) is 0 Å². The van der Waals surface area contributed by atoms with Crippen molar-refractivity contribution in [3.05, 3.63) is 224 Å². The van der Waals surface area contributed by atoms with E-state index in [0.717, 1.165) is 82.8 Å². The lowest BCUT2D eigenvalue weighted by Crippen LogP contribution is -2.02. The van der Waals surface area contributed by atoms with E-state index in [9.17, 15) is 0 Å². The number of aromatic nitrogens is 3. The predicted octanol–water partition coefficient (Wildman–Crippen LogP) is 15.7. The van der Waals surface area contributed by atoms with E-state index in [2.05, 4.69) is 206 Å². The fraction of sp³-hybridized carbons (Fsp3) is 0. The van der Waals surface area contributed by atoms with Crippen LogP contribution in [0, 0.1) is 0 Å². The molecule has 0 unspecified atom stereocenters. The summed E-state index contributed by atoms with van der Waals surface area (Å²) in [6.45, 7) is 0. The summed E-state index contributed by atoms with van der Waals surface area (Å²) in [6, 6.07) is 78.6. The van der Waals surface area contributed by atoms with Crippen molar-refractivity contribution in [2.75, 3.05) is 0 Å². The summed E-state index contributed by atoms with van der Waals surface area (Å²) in [6.07, 6.45) is 0. The molecule has 0 aliphatic heterocycles. The molecule has 0 saturated carbocycles. The van der Waals surface area contributed by atoms with Gasteiger partial charge in [0.2, 0.25) is 0 Å². The van der Waals surface area contributed by atoms with Crippen molar-refractivity contribution >= 4 is 43.5 Å². The summed E-state index contributed by atoms with van der Waals surface area (Å²) in [5.74, 6) is 1.75. The molecule has 0 bridgehead atoms. The number of hydrogen-bond donors (Lipinski definition) is 0. The molecule has 0 aliphatic carbocycles. The average molecular weight is 804 g/mol. The lowest BCUT2D eigenvalue weighted by atomic mass is 9.91. The van der Waals surface area contributed by atoms with Crippen LogP contribution in [-0.2, 0) is 0 Å². The van der Waals surface area contributed by atoms with Crippen LogP contribution in [0.1, 0.15) is 0 Å². The number of benzene rings is 10. The Hall–Kier alpha value is -8.47. The topological polar surface area (TPSA) is 51.8 Å². The molecule has 12 aromatic rings. The number of para-hydroxylation sites is 1. The highest BCUT2D eigenvalue weighted by atomic mass is 16.3. The van der Waals surface area contributed by atoms with Gasteiger partial charge in [0.05, 0.1) is 0 Å². The van der Waals surface area contributed by atoms with E-state index in [1.54, 1.807) is 0 Å². The molecule has 2 aromatic heterocycles. The zero-order valence-electron chi connectivity index (χ0n) is 34.1. The third-order valence-electron chi connectivity index (χ3n) is 12.2. The van der Waals surface area contributed by atoms with Crippen LogP contribution in [0.15, 0.2) is 229 Å². The Kier molecular flexibility index (Phi) is 8.79. The number of nitrogens with zero attached hydrogens (tertiary/aromatic N) is 3. The largest absolute Gasteiger partial charge is 0.455 e. The number of furan rings is 1. The molecular weight excluding hydrogens is 767 g/mol. The standard InChI is InChI=1S/C59H37N3O/c1-4-17-38(18-5-1)44-33-34-45(49-28-13-12-27-48(44)49)42-24-16-25-43(37-42)57-60-58(51-32-31-40-21-10-11-26-46(40)54(51)41-22-8-3-9-23-41)62-59(61-57)52-36-35-47(39-19-6-2-7-20-39)56-55(52)50-29-14-15-30-53(50)63-56/h1-37H. The first-order valence-electron chi connectivity index (χ1n) is 21.3. The minimum atomic E-state index is 0.571. The van der Waals surface area contributed by atoms with Gasteiger partial charge in [-0.15, -0.1) is 0 Å². The molecule has 4 heteroatoms. The Morgan fingerprint density at radius 3 is 1.48 bits per heavy atom. The molecule has 0 radical (unpaired) electrons. The zero-order valence-corrected chi connectivity index (χ0v) is 34.1. The molecule has 0 saturated heterocycles. The molecular formula is C59H37N3O. The average Bonchev–Trinajstić information content (AvgIpc) is 3.76. The maximum atomic E-state index is 6.72. The Morgan fingerprint density at radius 1 is 0.286 bits per heavy atom. The first kappa shape index (κ1) is 36.4. The normalized spacial score (nSPS) is 11.5. The Morgan fingerprint density at radius 2 is 0.762 bits per heavy atom. The van der Waals surface area contributed by atoms with Gasteiger partial charge in [-0.05, 0) is 85.3 Å². The molecule has 63 heavy (non-hydrogen) atoms. The molecule has 294 valence electrons. The van der Waals surface area contributed by atoms with Crippen molar-refractivity contribution < 1.29 is 4.42 Å². The highest BCUT2D eigenvalue weighted by Crippen LogP contribution is 2.43. The lowest BCUT2D eigenvalue weighted by molar-refractivity contribution is 0.670. The number of rotatable bonds is 7. The molecule has 0 N–H and O–H groups in total. The van der Waals surface area contributed by atoms with Gasteiger partial charge in [0.15, 0.2) is 17.5 Å². The molecule has 12 rings (SSSR count). The van der Waals surface area contributed by atoms with E-state index in [4.69, 9.17) is 19.4 Å². The van der Waals surface area contributed by atoms with Crippen molar-refractivity contribution in [3.8, 4) is 78.7 Å². The van der Waals surface area contributed by atoms with Gasteiger partial charge in [0.1, 0.15) is 11.2 Å². The smallest absolute Gasteiger partial charge is 0.164 e. The Bertz CT molecular complexity index is 3670. The molecule has 4 nitrogen and oxygen atoms in total. The van der Waals surface area contributed by atoms with Gasteiger partial charge in [-0.25, -0.2) is 15.0 Å². The van der Waals surface area contributed by atoms with E-state index in [-0.39, 0.29) is 0 Å². The van der Waals surface area contributed by atoms with Gasteiger partial charge in [-0.2, -0.15) is 0 Å². The van der Waals surface area contributed by atoms with Crippen molar-refractivity contribution in [3.63, 3.8) is 0 Å². The SMILES string of the molecule is c1ccc(-c2c(-c3nc(-c4cccc(-c5ccc(-c6ccccc6)c6ccccc56)c4)nc(-c4ccc(-c5ccccc5)c5oc6ccccc6c45)n3)ccc3ccccc23)cc1. The van der Waals surface area contributed by atoms with E-state index >= 15 is 0 Å². The van der Waals surface area contributed by atoms with Crippen LogP contribution in [0.2, 0.25) is 0 Å². The van der Waals surface area contributed by atoms with Crippen molar-refractivity contribution in [1.82, 2.24) is 15.0 Å². The summed E-state index contributed by atoms with van der Waals surface area (Å²) in [4.78, 5) is 16.2. The Labute approximate surface area is 364 Å². The summed E-state index contributed by atoms with van der Waals surface area (Å²) in [7, 11) is 0. The second kappa shape index (κ2) is 15.2. The van der Waals surface area contributed by atoms with Crippen molar-refractivity contribution in [1.29, 1.82) is 0 Å². The zero-order chi connectivity index (χ0) is 41.7. The van der Waals surface area contributed by atoms with E-state index in [0.29, 0.717) is 17.5 Å². The molecule has 0 atom stereocenters. The van der Waals surface area contributed by atoms with Gasteiger partial charge in [0, 0.05) is 38.6 Å². The summed E-state index contributed by atoms with van der Waals surface area (Å²) >= 11 is 0. The van der Waals surface area contributed by atoms with Gasteiger partial charge in [0.25, 0.3) is 0 Å². The second-order valence-electron chi connectivity index (χ2n) is 15.9. The summed E-state index contributed by atoms with van der Waals surface area (Å²) in [5, 5.41) is 6.65. The van der Waals surface area contributed by atoms with Crippen molar-refractivity contribution in [2.24, 2.45) is 0 Å². The van der Waals surface area contributed by atoms with Crippen LogP contribution in [-0.4, -0.2) is 15.0 Å². The maximum absolute atomic E-state index is 6.72. The highest BCUT2D eigenvalue weighted by Gasteiger charge is 2.23. The third kappa shape index (κ3) is 6.36. The van der Waals surface area contributed by atoms with E-state index in [1.807, 2.05) is 18.2 Å². The molecule has 2 heterocycles. The first-order chi connectivity index (χ1) is 31.2. The van der Waals surface area contributed by atoms with Crippen LogP contribution < -0.4 is 0 Å². The molecule has 0 amide bonds. The summed E-state index contributed by atoms with van der Waals surface area (Å²) < 4.78 is 6.72. The monoisotopic (exact) mass is 803 g/mol. The quantitative estimate of drug-likeness (QED) is 0.161. The van der Waals surface area contributed by atoms with Crippen LogP contribution in [0.25, 0.3) is 122 Å². The Balaban J connectivity index is 1.11. The van der Waals surface area contributed by atoms with Gasteiger partial charge >= 0.3 is 0 Å². The van der Waals surface area contributed by atoms with E-state index in [1.165, 1.54) is 21.9 Å². The van der Waals surface area contributed by atoms with Crippen LogP contribution >= 0.6 is 0 Å². The van der Waals surface area contributed by atoms with Gasteiger partial charge < -0.3 is 4.42 Å². The minimum absolute atomic E-state index is 0.571. The van der Waals surface area contributed by atoms with Gasteiger partial charge in [-0.1, -0.05) is 194 Å². The van der Waals surface area contributed by atoms with Crippen LogP contribution in [0.4, 0.5) is 0 Å². The summed E-state index contributed by atoms with van der Waals surface area (Å²) in [5.41, 5.74) is 13.2. The molecule has 10 aromatic carbocycles. The highest BCUT2D eigenvalue weighted by molar-refractivity contribution is 6.16.